The summed E-state index contributed by atoms with van der Waals surface area (Å²) in [4.78, 5) is 2.59. The van der Waals surface area contributed by atoms with E-state index in [-0.39, 0.29) is 6.04 Å². The molecule has 1 heterocycles. The monoisotopic (exact) mass is 308 g/mol. The maximum atomic E-state index is 5.86. The summed E-state index contributed by atoms with van der Waals surface area (Å²) in [5, 5.41) is 0. The molecule has 18 heavy (non-hydrogen) atoms. The quantitative estimate of drug-likeness (QED) is 0.928. The van der Waals surface area contributed by atoms with Crippen molar-refractivity contribution < 1.29 is 0 Å². The molecule has 2 bridgehead atoms. The number of rotatable bonds is 3. The van der Waals surface area contributed by atoms with Crippen LogP contribution in [0.1, 0.15) is 31.7 Å². The summed E-state index contributed by atoms with van der Waals surface area (Å²) in [7, 11) is 0. The number of anilines is 1. The second-order valence-corrected chi connectivity index (χ2v) is 6.81. The van der Waals surface area contributed by atoms with E-state index in [0.29, 0.717) is 0 Å². The Balaban J connectivity index is 1.81. The zero-order valence-electron chi connectivity index (χ0n) is 10.9. The molecule has 3 heteroatoms. The van der Waals surface area contributed by atoms with E-state index in [1.54, 1.807) is 0 Å². The summed E-state index contributed by atoms with van der Waals surface area (Å²) < 4.78 is 1.23. The van der Waals surface area contributed by atoms with Crippen LogP contribution in [0.25, 0.3) is 0 Å². The predicted molar refractivity (Wildman–Crippen MR) is 80.0 cm³/mol. The van der Waals surface area contributed by atoms with Crippen molar-refractivity contribution in [2.24, 2.45) is 11.7 Å². The highest BCUT2D eigenvalue weighted by atomic mass is 79.9. The number of nitrogens with zero attached hydrogens (tertiary/aromatic N) is 1. The predicted octanol–water partition coefficient (Wildman–Crippen LogP) is 3.33. The van der Waals surface area contributed by atoms with Gasteiger partial charge in [-0.25, -0.2) is 0 Å². The lowest BCUT2D eigenvalue weighted by molar-refractivity contribution is 0.553. The topological polar surface area (TPSA) is 29.3 Å². The van der Waals surface area contributed by atoms with Crippen molar-refractivity contribution in [1.29, 1.82) is 0 Å². The van der Waals surface area contributed by atoms with Crippen LogP contribution in [0.2, 0.25) is 0 Å². The first-order valence-electron chi connectivity index (χ1n) is 6.94. The van der Waals surface area contributed by atoms with E-state index < -0.39 is 0 Å². The molecule has 1 aromatic carbocycles. The number of hydrogen-bond acceptors (Lipinski definition) is 2. The average Bonchev–Trinajstić information content (AvgIpc) is 2.90. The molecule has 1 saturated heterocycles. The third-order valence-corrected chi connectivity index (χ3v) is 4.92. The molecule has 2 fully saturated rings. The van der Waals surface area contributed by atoms with Crippen LogP contribution in [0.4, 0.5) is 5.69 Å². The summed E-state index contributed by atoms with van der Waals surface area (Å²) in [6.07, 6.45) is 5.15. The van der Waals surface area contributed by atoms with Crippen LogP contribution in [0.3, 0.4) is 0 Å². The molecular weight excluding hydrogens is 288 g/mol. The Hall–Kier alpha value is -0.540. The summed E-state index contributed by atoms with van der Waals surface area (Å²) >= 11 is 3.74. The number of fused-ring (bicyclic) bond motifs is 2. The first kappa shape index (κ1) is 12.5. The van der Waals surface area contributed by atoms with Gasteiger partial charge in [0.2, 0.25) is 0 Å². The van der Waals surface area contributed by atoms with Crippen LogP contribution in [-0.4, -0.2) is 18.6 Å². The van der Waals surface area contributed by atoms with Crippen molar-refractivity contribution in [3.8, 4) is 0 Å². The fourth-order valence-electron chi connectivity index (χ4n) is 3.50. The first-order valence-corrected chi connectivity index (χ1v) is 7.73. The van der Waals surface area contributed by atoms with E-state index in [4.69, 9.17) is 5.73 Å². The van der Waals surface area contributed by atoms with Crippen LogP contribution in [-0.2, 0) is 6.42 Å². The smallest absolute Gasteiger partial charge is 0.0513 e. The largest absolute Gasteiger partial charge is 0.367 e. The molecule has 1 aromatic rings. The van der Waals surface area contributed by atoms with E-state index >= 15 is 0 Å². The average molecular weight is 309 g/mol. The molecule has 0 amide bonds. The molecule has 1 aliphatic heterocycles. The van der Waals surface area contributed by atoms with Gasteiger partial charge < -0.3 is 10.6 Å². The number of halogens is 1. The van der Waals surface area contributed by atoms with Gasteiger partial charge in [-0.05, 0) is 72.2 Å². The van der Waals surface area contributed by atoms with Crippen molar-refractivity contribution in [2.45, 2.75) is 44.7 Å². The zero-order chi connectivity index (χ0) is 12.7. The molecule has 3 rings (SSSR count). The van der Waals surface area contributed by atoms with Gasteiger partial charge in [-0.15, -0.1) is 0 Å². The van der Waals surface area contributed by atoms with Crippen LogP contribution in [0, 0.1) is 5.92 Å². The minimum atomic E-state index is 0.227. The van der Waals surface area contributed by atoms with Gasteiger partial charge in [0.15, 0.2) is 0 Å². The fourth-order valence-corrected chi connectivity index (χ4v) is 4.16. The van der Waals surface area contributed by atoms with Gasteiger partial charge in [0.05, 0.1) is 5.69 Å². The molecule has 3 atom stereocenters. The van der Waals surface area contributed by atoms with Crippen LogP contribution >= 0.6 is 15.9 Å². The number of benzene rings is 1. The summed E-state index contributed by atoms with van der Waals surface area (Å²) in [6, 6.07) is 7.75. The Morgan fingerprint density at radius 2 is 2.28 bits per heavy atom. The molecule has 2 aliphatic rings. The van der Waals surface area contributed by atoms with Gasteiger partial charge in [0.1, 0.15) is 0 Å². The molecular formula is C15H21BrN2. The Bertz CT molecular complexity index is 444. The molecule has 0 spiro atoms. The molecule has 1 aliphatic carbocycles. The van der Waals surface area contributed by atoms with Crippen LogP contribution in [0.15, 0.2) is 22.7 Å². The Morgan fingerprint density at radius 1 is 1.44 bits per heavy atom. The highest BCUT2D eigenvalue weighted by Crippen LogP contribution is 2.42. The van der Waals surface area contributed by atoms with Gasteiger partial charge in [-0.2, -0.15) is 0 Å². The normalized spacial score (nSPS) is 27.8. The molecule has 0 radical (unpaired) electrons. The van der Waals surface area contributed by atoms with Gasteiger partial charge in [0.25, 0.3) is 0 Å². The number of hydrogen-bond donors (Lipinski definition) is 1. The van der Waals surface area contributed by atoms with E-state index in [1.165, 1.54) is 41.5 Å². The maximum absolute atomic E-state index is 5.86. The lowest BCUT2D eigenvalue weighted by Gasteiger charge is -2.30. The summed E-state index contributed by atoms with van der Waals surface area (Å²) in [6.45, 7) is 3.30. The third-order valence-electron chi connectivity index (χ3n) is 4.29. The molecule has 1 saturated carbocycles. The molecule has 98 valence electrons. The number of nitrogens with two attached hydrogens (primary N) is 1. The highest BCUT2D eigenvalue weighted by Gasteiger charge is 2.38. The molecule has 2 N–H and O–H groups in total. The standard InChI is InChI=1S/C15H21BrN2/c1-10(17)6-11-3-5-15(14(16)8-11)18-9-12-2-4-13(18)7-12/h3,5,8,10,12-13H,2,4,6-7,9,17H2,1H3. The Morgan fingerprint density at radius 3 is 2.83 bits per heavy atom. The summed E-state index contributed by atoms with van der Waals surface area (Å²) in [5.74, 6) is 0.936. The molecule has 3 unspecified atom stereocenters. The van der Waals surface area contributed by atoms with Gasteiger partial charge in [-0.1, -0.05) is 6.07 Å². The molecule has 0 aromatic heterocycles. The van der Waals surface area contributed by atoms with E-state index in [1.807, 2.05) is 0 Å². The van der Waals surface area contributed by atoms with E-state index in [2.05, 4.69) is 46.0 Å². The second-order valence-electron chi connectivity index (χ2n) is 5.95. The minimum Gasteiger partial charge on any atom is -0.367 e. The van der Waals surface area contributed by atoms with Crippen LogP contribution in [0.5, 0.6) is 0 Å². The number of piperidine rings is 1. The summed E-state index contributed by atoms with van der Waals surface area (Å²) in [5.41, 5.74) is 8.55. The Labute approximate surface area is 118 Å². The van der Waals surface area contributed by atoms with Crippen molar-refractivity contribution in [1.82, 2.24) is 0 Å². The van der Waals surface area contributed by atoms with Crippen molar-refractivity contribution >= 4 is 21.6 Å². The second kappa shape index (κ2) is 4.86. The fraction of sp³-hybridized carbons (Fsp3) is 0.600. The third kappa shape index (κ3) is 2.30. The lowest BCUT2D eigenvalue weighted by Crippen LogP contribution is -2.32. The minimum absolute atomic E-state index is 0.227. The van der Waals surface area contributed by atoms with E-state index in [9.17, 15) is 0 Å². The lowest BCUT2D eigenvalue weighted by atomic mass is 10.1. The van der Waals surface area contributed by atoms with E-state index in [0.717, 1.165) is 18.4 Å². The van der Waals surface area contributed by atoms with Gasteiger partial charge >= 0.3 is 0 Å². The van der Waals surface area contributed by atoms with Gasteiger partial charge in [-0.3, -0.25) is 0 Å². The van der Waals surface area contributed by atoms with Gasteiger partial charge in [0, 0.05) is 23.1 Å². The van der Waals surface area contributed by atoms with Crippen LogP contribution < -0.4 is 10.6 Å². The SMILES string of the molecule is CC(N)Cc1ccc(N2CC3CCC2C3)c(Br)c1. The first-order chi connectivity index (χ1) is 8.63. The Kier molecular flexibility index (Phi) is 3.37. The molecule has 2 nitrogen and oxygen atoms in total. The zero-order valence-corrected chi connectivity index (χ0v) is 12.5. The van der Waals surface area contributed by atoms with Crippen molar-refractivity contribution in [3.05, 3.63) is 28.2 Å². The highest BCUT2D eigenvalue weighted by molar-refractivity contribution is 9.10. The van der Waals surface area contributed by atoms with Crippen molar-refractivity contribution in [2.75, 3.05) is 11.4 Å². The van der Waals surface area contributed by atoms with Crippen molar-refractivity contribution in [3.63, 3.8) is 0 Å². The maximum Gasteiger partial charge on any atom is 0.0513 e.